The van der Waals surface area contributed by atoms with Crippen LogP contribution in [0.15, 0.2) is 18.3 Å². The summed E-state index contributed by atoms with van der Waals surface area (Å²) in [5.74, 6) is 0. The second kappa shape index (κ2) is 4.95. The summed E-state index contributed by atoms with van der Waals surface area (Å²) < 4.78 is 0. The van der Waals surface area contributed by atoms with Gasteiger partial charge >= 0.3 is 0 Å². The van der Waals surface area contributed by atoms with Crippen LogP contribution in [0, 0.1) is 11.3 Å². The smallest absolute Gasteiger partial charge is 0.163 e. The summed E-state index contributed by atoms with van der Waals surface area (Å²) in [4.78, 5) is 6.41. The summed E-state index contributed by atoms with van der Waals surface area (Å²) in [5.41, 5.74) is 1.50. The highest BCUT2D eigenvalue weighted by atomic mass is 15.2. The van der Waals surface area contributed by atoms with Crippen molar-refractivity contribution in [3.8, 4) is 6.07 Å². The van der Waals surface area contributed by atoms with E-state index in [-0.39, 0.29) is 0 Å². The van der Waals surface area contributed by atoms with Gasteiger partial charge in [0.25, 0.3) is 0 Å². The number of nitrogens with one attached hydrogen (secondary N) is 1. The van der Waals surface area contributed by atoms with E-state index in [2.05, 4.69) is 28.2 Å². The Kier molecular flexibility index (Phi) is 3.37. The molecule has 1 aromatic heterocycles. The lowest BCUT2D eigenvalue weighted by molar-refractivity contribution is 0.412. The first-order valence-corrected chi connectivity index (χ1v) is 5.69. The molecule has 0 unspecified atom stereocenters. The minimum Gasteiger partial charge on any atom is -0.364 e. The lowest BCUT2D eigenvalue weighted by atomic mass is 10.1. The van der Waals surface area contributed by atoms with Gasteiger partial charge in [0.1, 0.15) is 6.07 Å². The van der Waals surface area contributed by atoms with Crippen LogP contribution >= 0.6 is 0 Å². The molecule has 0 bridgehead atoms. The van der Waals surface area contributed by atoms with Crippen LogP contribution in [0.3, 0.4) is 0 Å². The SMILES string of the molecule is CCCN(c1cccnc1C#N)C1CNC1. The third-order valence-corrected chi connectivity index (χ3v) is 2.87. The van der Waals surface area contributed by atoms with Gasteiger partial charge in [-0.25, -0.2) is 4.98 Å². The molecule has 1 fully saturated rings. The summed E-state index contributed by atoms with van der Waals surface area (Å²) in [6.07, 6.45) is 2.75. The topological polar surface area (TPSA) is 52.0 Å². The fourth-order valence-corrected chi connectivity index (χ4v) is 1.95. The molecule has 0 atom stereocenters. The van der Waals surface area contributed by atoms with E-state index in [1.165, 1.54) is 0 Å². The number of pyridine rings is 1. The Morgan fingerprint density at radius 1 is 1.62 bits per heavy atom. The molecule has 2 rings (SSSR count). The van der Waals surface area contributed by atoms with Gasteiger partial charge in [-0.3, -0.25) is 0 Å². The first-order chi connectivity index (χ1) is 7.86. The molecular formula is C12H16N4. The highest BCUT2D eigenvalue weighted by molar-refractivity contribution is 5.56. The van der Waals surface area contributed by atoms with E-state index in [0.29, 0.717) is 11.7 Å². The standard InChI is InChI=1S/C12H16N4/c1-2-6-16(10-8-14-9-10)12-4-3-5-15-11(12)7-13/h3-5,10,14H,2,6,8-9H2,1H3. The van der Waals surface area contributed by atoms with Crippen molar-refractivity contribution in [3.63, 3.8) is 0 Å². The molecule has 0 spiro atoms. The van der Waals surface area contributed by atoms with Gasteiger partial charge in [0.2, 0.25) is 0 Å². The van der Waals surface area contributed by atoms with Crippen LogP contribution < -0.4 is 10.2 Å². The summed E-state index contributed by atoms with van der Waals surface area (Å²) in [7, 11) is 0. The van der Waals surface area contributed by atoms with E-state index < -0.39 is 0 Å². The maximum atomic E-state index is 9.05. The first-order valence-electron chi connectivity index (χ1n) is 5.69. The van der Waals surface area contributed by atoms with Gasteiger partial charge in [0.15, 0.2) is 5.69 Å². The average Bonchev–Trinajstić information content (AvgIpc) is 2.26. The monoisotopic (exact) mass is 216 g/mol. The van der Waals surface area contributed by atoms with E-state index in [1.807, 2.05) is 12.1 Å². The van der Waals surface area contributed by atoms with Crippen LogP contribution in [0.1, 0.15) is 19.0 Å². The summed E-state index contributed by atoms with van der Waals surface area (Å²) in [5, 5.41) is 12.3. The van der Waals surface area contributed by atoms with E-state index >= 15 is 0 Å². The molecule has 1 N–H and O–H groups in total. The summed E-state index contributed by atoms with van der Waals surface area (Å²) >= 11 is 0. The Balaban J connectivity index is 2.27. The maximum absolute atomic E-state index is 9.05. The van der Waals surface area contributed by atoms with E-state index in [4.69, 9.17) is 5.26 Å². The van der Waals surface area contributed by atoms with Gasteiger partial charge in [-0.1, -0.05) is 6.92 Å². The normalized spacial score (nSPS) is 15.2. The van der Waals surface area contributed by atoms with E-state index in [9.17, 15) is 0 Å². The number of hydrogen-bond acceptors (Lipinski definition) is 4. The highest BCUT2D eigenvalue weighted by Gasteiger charge is 2.25. The number of anilines is 1. The molecule has 4 nitrogen and oxygen atoms in total. The zero-order chi connectivity index (χ0) is 11.4. The Morgan fingerprint density at radius 2 is 2.44 bits per heavy atom. The molecule has 0 radical (unpaired) electrons. The Hall–Kier alpha value is -1.60. The van der Waals surface area contributed by atoms with Crippen molar-refractivity contribution >= 4 is 5.69 Å². The van der Waals surface area contributed by atoms with E-state index in [1.54, 1.807) is 6.20 Å². The van der Waals surface area contributed by atoms with Crippen LogP contribution in [0.5, 0.6) is 0 Å². The molecule has 0 saturated carbocycles. The van der Waals surface area contributed by atoms with Gasteiger partial charge in [-0.2, -0.15) is 5.26 Å². The summed E-state index contributed by atoms with van der Waals surface area (Å²) in [6.45, 7) is 5.13. The minimum atomic E-state index is 0.510. The Bertz CT molecular complexity index is 392. The Morgan fingerprint density at radius 3 is 3.00 bits per heavy atom. The maximum Gasteiger partial charge on any atom is 0.163 e. The fourth-order valence-electron chi connectivity index (χ4n) is 1.95. The number of aromatic nitrogens is 1. The van der Waals surface area contributed by atoms with Crippen LogP contribution in [-0.4, -0.2) is 30.7 Å². The quantitative estimate of drug-likeness (QED) is 0.820. The number of nitriles is 1. The molecule has 1 aliphatic heterocycles. The van der Waals surface area contributed by atoms with Crippen molar-refractivity contribution in [1.82, 2.24) is 10.3 Å². The van der Waals surface area contributed by atoms with Gasteiger partial charge in [0.05, 0.1) is 11.7 Å². The van der Waals surface area contributed by atoms with Crippen LogP contribution in [0.2, 0.25) is 0 Å². The van der Waals surface area contributed by atoms with Crippen molar-refractivity contribution < 1.29 is 0 Å². The van der Waals surface area contributed by atoms with Gasteiger partial charge in [-0.05, 0) is 18.6 Å². The predicted molar refractivity (Wildman–Crippen MR) is 63.2 cm³/mol. The van der Waals surface area contributed by atoms with Crippen molar-refractivity contribution in [1.29, 1.82) is 5.26 Å². The molecule has 84 valence electrons. The zero-order valence-corrected chi connectivity index (χ0v) is 9.48. The number of nitrogens with zero attached hydrogens (tertiary/aromatic N) is 3. The predicted octanol–water partition coefficient (Wildman–Crippen LogP) is 1.14. The third kappa shape index (κ3) is 2.00. The highest BCUT2D eigenvalue weighted by Crippen LogP contribution is 2.21. The lowest BCUT2D eigenvalue weighted by Gasteiger charge is -2.39. The summed E-state index contributed by atoms with van der Waals surface area (Å²) in [6, 6.07) is 6.55. The molecule has 1 aromatic rings. The molecule has 0 aliphatic carbocycles. The fraction of sp³-hybridized carbons (Fsp3) is 0.500. The third-order valence-electron chi connectivity index (χ3n) is 2.87. The van der Waals surface area contributed by atoms with Gasteiger partial charge in [-0.15, -0.1) is 0 Å². The second-order valence-electron chi connectivity index (χ2n) is 3.99. The first kappa shape index (κ1) is 10.9. The minimum absolute atomic E-state index is 0.510. The number of hydrogen-bond donors (Lipinski definition) is 1. The second-order valence-corrected chi connectivity index (χ2v) is 3.99. The van der Waals surface area contributed by atoms with Crippen LogP contribution in [0.25, 0.3) is 0 Å². The van der Waals surface area contributed by atoms with Crippen molar-refractivity contribution in [3.05, 3.63) is 24.0 Å². The lowest BCUT2D eigenvalue weighted by Crippen LogP contribution is -2.57. The van der Waals surface area contributed by atoms with E-state index in [0.717, 1.165) is 31.7 Å². The van der Waals surface area contributed by atoms with Gasteiger partial charge < -0.3 is 10.2 Å². The largest absolute Gasteiger partial charge is 0.364 e. The van der Waals surface area contributed by atoms with Crippen molar-refractivity contribution in [2.45, 2.75) is 19.4 Å². The molecule has 2 heterocycles. The molecule has 1 aliphatic rings. The van der Waals surface area contributed by atoms with Gasteiger partial charge in [0, 0.05) is 25.8 Å². The molecule has 16 heavy (non-hydrogen) atoms. The molecule has 1 saturated heterocycles. The molecule has 0 aromatic carbocycles. The molecule has 0 amide bonds. The molecular weight excluding hydrogens is 200 g/mol. The van der Waals surface area contributed by atoms with Crippen LogP contribution in [0.4, 0.5) is 5.69 Å². The van der Waals surface area contributed by atoms with Crippen molar-refractivity contribution in [2.24, 2.45) is 0 Å². The van der Waals surface area contributed by atoms with Crippen LogP contribution in [-0.2, 0) is 0 Å². The Labute approximate surface area is 95.9 Å². The average molecular weight is 216 g/mol. The number of rotatable bonds is 4. The molecule has 4 heteroatoms. The zero-order valence-electron chi connectivity index (χ0n) is 9.48. The van der Waals surface area contributed by atoms with Crippen molar-refractivity contribution in [2.75, 3.05) is 24.5 Å².